The Hall–Kier alpha value is -2.61. The molecule has 2 aliphatic carbocycles. The third-order valence-electron chi connectivity index (χ3n) is 6.34. The predicted molar refractivity (Wildman–Crippen MR) is 110 cm³/mol. The first-order valence-electron chi connectivity index (χ1n) is 10.2. The Labute approximate surface area is 169 Å². The number of aromatic amines is 1. The third kappa shape index (κ3) is 3.81. The highest BCUT2D eigenvalue weighted by Gasteiger charge is 2.38. The zero-order valence-electron chi connectivity index (χ0n) is 16.6. The van der Waals surface area contributed by atoms with Crippen molar-refractivity contribution in [3.05, 3.63) is 52.6 Å². The van der Waals surface area contributed by atoms with Crippen LogP contribution in [0.3, 0.4) is 0 Å². The highest BCUT2D eigenvalue weighted by atomic mass is 19.1. The summed E-state index contributed by atoms with van der Waals surface area (Å²) in [6, 6.07) is 1.72. The molecular weight excluding hydrogens is 371 g/mol. The molecule has 154 valence electrons. The van der Waals surface area contributed by atoms with Gasteiger partial charge in [-0.3, -0.25) is 9.80 Å². The fourth-order valence-corrected chi connectivity index (χ4v) is 4.34. The summed E-state index contributed by atoms with van der Waals surface area (Å²) < 4.78 is 14.2. The summed E-state index contributed by atoms with van der Waals surface area (Å²) in [5.41, 5.74) is -1.07. The lowest BCUT2D eigenvalue weighted by atomic mass is 9.72. The van der Waals surface area contributed by atoms with E-state index in [1.54, 1.807) is 25.4 Å². The van der Waals surface area contributed by atoms with E-state index in [0.29, 0.717) is 42.9 Å². The molecule has 3 N–H and O–H groups in total. The number of H-pyrrole nitrogens is 1. The summed E-state index contributed by atoms with van der Waals surface area (Å²) in [6.07, 6.45) is 8.90. The molecule has 2 aromatic rings. The van der Waals surface area contributed by atoms with Crippen LogP contribution in [0.5, 0.6) is 0 Å². The molecule has 2 aliphatic rings. The number of hydrazine groups is 1. The molecule has 2 aromatic heterocycles. The predicted octanol–water partition coefficient (Wildman–Crippen LogP) is 3.22. The van der Waals surface area contributed by atoms with Gasteiger partial charge in [0.2, 0.25) is 0 Å². The smallest absolute Gasteiger partial charge is 0.260 e. The van der Waals surface area contributed by atoms with E-state index < -0.39 is 5.67 Å². The van der Waals surface area contributed by atoms with Crippen LogP contribution < -0.4 is 16.4 Å². The highest BCUT2D eigenvalue weighted by Crippen LogP contribution is 2.46. The maximum absolute atomic E-state index is 14.2. The second-order valence-electron chi connectivity index (χ2n) is 8.34. The van der Waals surface area contributed by atoms with Crippen LogP contribution in [0, 0.1) is 0 Å². The van der Waals surface area contributed by atoms with Crippen molar-refractivity contribution in [3.8, 4) is 0 Å². The van der Waals surface area contributed by atoms with Crippen molar-refractivity contribution >= 4 is 11.9 Å². The average molecular weight is 398 g/mol. The van der Waals surface area contributed by atoms with Crippen molar-refractivity contribution in [2.45, 2.75) is 69.0 Å². The minimum absolute atomic E-state index is 0.0385. The molecule has 0 amide bonds. The van der Waals surface area contributed by atoms with Gasteiger partial charge in [-0.1, -0.05) is 12.7 Å². The van der Waals surface area contributed by atoms with Gasteiger partial charge in [0, 0.05) is 30.3 Å². The van der Waals surface area contributed by atoms with Crippen molar-refractivity contribution in [1.29, 1.82) is 0 Å². The maximum Gasteiger partial charge on any atom is 0.260 e. The van der Waals surface area contributed by atoms with Crippen LogP contribution in [0.4, 0.5) is 10.2 Å². The lowest BCUT2D eigenvalue weighted by molar-refractivity contribution is 0.119. The highest BCUT2D eigenvalue weighted by molar-refractivity contribution is 5.62. The standard InChI is InChI=1S/C21H27FN6O/c1-3-14-19(28(23)13-7-9-21(2,22)10-8-13)26-18(27-20(14)29)16-6-5-15(16)17-24-11-4-12-25-17/h3-4,11-13,15-16H,1,5-10,23H2,2H3,(H,26,27,29)/t13?,15-,16-,21?/m1/s1. The Morgan fingerprint density at radius 1 is 1.24 bits per heavy atom. The summed E-state index contributed by atoms with van der Waals surface area (Å²) >= 11 is 0. The molecule has 0 aromatic carbocycles. The fourth-order valence-electron chi connectivity index (χ4n) is 4.34. The van der Waals surface area contributed by atoms with Gasteiger partial charge in [0.15, 0.2) is 5.82 Å². The SMILES string of the molecule is C=Cc1c(N(N)C2CCC(C)(F)CC2)nc([C@@H]2CC[C@H]2c2ncccn2)[nH]c1=O. The lowest BCUT2D eigenvalue weighted by Crippen LogP contribution is -2.47. The number of rotatable bonds is 5. The van der Waals surface area contributed by atoms with Crippen LogP contribution in [0.2, 0.25) is 0 Å². The molecule has 0 bridgehead atoms. The number of alkyl halides is 1. The average Bonchev–Trinajstić information content (AvgIpc) is 2.67. The van der Waals surface area contributed by atoms with Crippen LogP contribution in [0.25, 0.3) is 6.08 Å². The summed E-state index contributed by atoms with van der Waals surface area (Å²) in [4.78, 5) is 29.1. The Kier molecular flexibility index (Phi) is 5.21. The normalized spacial score (nSPS) is 29.1. The van der Waals surface area contributed by atoms with E-state index in [4.69, 9.17) is 10.8 Å². The zero-order chi connectivity index (χ0) is 20.6. The lowest BCUT2D eigenvalue weighted by Gasteiger charge is -2.38. The summed E-state index contributed by atoms with van der Waals surface area (Å²) in [7, 11) is 0. The van der Waals surface area contributed by atoms with Gasteiger partial charge in [-0.05, 0) is 51.5 Å². The minimum Gasteiger partial charge on any atom is -0.310 e. The molecule has 0 saturated heterocycles. The number of hydrogen-bond acceptors (Lipinski definition) is 6. The topological polar surface area (TPSA) is 101 Å². The van der Waals surface area contributed by atoms with E-state index in [2.05, 4.69) is 21.5 Å². The molecular formula is C21H27FN6O. The van der Waals surface area contributed by atoms with E-state index >= 15 is 0 Å². The van der Waals surface area contributed by atoms with Crippen molar-refractivity contribution in [3.63, 3.8) is 0 Å². The van der Waals surface area contributed by atoms with Gasteiger partial charge in [-0.15, -0.1) is 0 Å². The molecule has 0 aliphatic heterocycles. The number of nitrogens with one attached hydrogen (secondary N) is 1. The number of hydrogen-bond donors (Lipinski definition) is 2. The van der Waals surface area contributed by atoms with Gasteiger partial charge in [-0.25, -0.2) is 25.2 Å². The molecule has 7 nitrogen and oxygen atoms in total. The van der Waals surface area contributed by atoms with Crippen LogP contribution in [0.1, 0.15) is 74.5 Å². The Morgan fingerprint density at radius 2 is 1.90 bits per heavy atom. The summed E-state index contributed by atoms with van der Waals surface area (Å²) in [6.45, 7) is 5.38. The number of aromatic nitrogens is 4. The molecule has 2 atom stereocenters. The summed E-state index contributed by atoms with van der Waals surface area (Å²) in [5, 5.41) is 1.54. The molecule has 2 heterocycles. The van der Waals surface area contributed by atoms with Crippen LogP contribution >= 0.6 is 0 Å². The van der Waals surface area contributed by atoms with E-state index in [0.717, 1.165) is 18.7 Å². The van der Waals surface area contributed by atoms with Crippen molar-refractivity contribution in [1.82, 2.24) is 19.9 Å². The summed E-state index contributed by atoms with van der Waals surface area (Å²) in [5.74, 6) is 8.33. The van der Waals surface area contributed by atoms with E-state index in [1.165, 1.54) is 11.1 Å². The van der Waals surface area contributed by atoms with Crippen LogP contribution in [-0.4, -0.2) is 31.6 Å². The monoisotopic (exact) mass is 398 g/mol. The maximum atomic E-state index is 14.2. The molecule has 2 fully saturated rings. The van der Waals surface area contributed by atoms with Crippen molar-refractivity contribution < 1.29 is 4.39 Å². The number of anilines is 1. The van der Waals surface area contributed by atoms with Crippen molar-refractivity contribution in [2.24, 2.45) is 5.84 Å². The van der Waals surface area contributed by atoms with Crippen molar-refractivity contribution in [2.75, 3.05) is 5.01 Å². The molecule has 0 unspecified atom stereocenters. The van der Waals surface area contributed by atoms with Gasteiger partial charge in [0.1, 0.15) is 17.3 Å². The molecule has 29 heavy (non-hydrogen) atoms. The van der Waals surface area contributed by atoms with Gasteiger partial charge < -0.3 is 4.98 Å². The Balaban J connectivity index is 1.63. The molecule has 0 radical (unpaired) electrons. The molecule has 4 rings (SSSR count). The largest absolute Gasteiger partial charge is 0.310 e. The number of nitrogens with zero attached hydrogens (tertiary/aromatic N) is 4. The first-order chi connectivity index (χ1) is 13.9. The molecule has 8 heteroatoms. The molecule has 2 saturated carbocycles. The number of nitrogens with two attached hydrogens (primary N) is 1. The quantitative estimate of drug-likeness (QED) is 0.592. The Morgan fingerprint density at radius 3 is 2.48 bits per heavy atom. The zero-order valence-corrected chi connectivity index (χ0v) is 16.6. The van der Waals surface area contributed by atoms with Gasteiger partial charge in [0.05, 0.1) is 5.56 Å². The van der Waals surface area contributed by atoms with Gasteiger partial charge >= 0.3 is 0 Å². The first-order valence-corrected chi connectivity index (χ1v) is 10.2. The first kappa shape index (κ1) is 19.7. The number of halogens is 1. The van der Waals surface area contributed by atoms with Gasteiger partial charge in [0.25, 0.3) is 5.56 Å². The molecule has 0 spiro atoms. The third-order valence-corrected chi connectivity index (χ3v) is 6.34. The Bertz CT molecular complexity index is 934. The van der Waals surface area contributed by atoms with E-state index in [-0.39, 0.29) is 23.4 Å². The van der Waals surface area contributed by atoms with E-state index in [1.807, 2.05) is 0 Å². The van der Waals surface area contributed by atoms with Gasteiger partial charge in [-0.2, -0.15) is 0 Å². The van der Waals surface area contributed by atoms with Crippen LogP contribution in [0.15, 0.2) is 29.8 Å². The van der Waals surface area contributed by atoms with Crippen LogP contribution in [-0.2, 0) is 0 Å². The fraction of sp³-hybridized carbons (Fsp3) is 0.524. The minimum atomic E-state index is -1.15. The second kappa shape index (κ2) is 7.67. The van der Waals surface area contributed by atoms with E-state index in [9.17, 15) is 9.18 Å². The second-order valence-corrected chi connectivity index (χ2v) is 8.34.